The molecule has 0 unspecified atom stereocenters. The van der Waals surface area contributed by atoms with Gasteiger partial charge in [-0.25, -0.2) is 21.1 Å². The molecule has 32 heavy (non-hydrogen) atoms. The van der Waals surface area contributed by atoms with E-state index < -0.39 is 32.2 Å². The van der Waals surface area contributed by atoms with E-state index in [1.807, 2.05) is 6.92 Å². The van der Waals surface area contributed by atoms with Gasteiger partial charge in [-0.05, 0) is 31.0 Å². The van der Waals surface area contributed by atoms with Crippen molar-refractivity contribution in [2.75, 3.05) is 33.0 Å². The lowest BCUT2D eigenvalue weighted by Crippen LogP contribution is -2.50. The average molecular weight is 487 g/mol. The zero-order chi connectivity index (χ0) is 24.3. The van der Waals surface area contributed by atoms with Crippen molar-refractivity contribution in [1.82, 2.24) is 8.61 Å². The number of benzene rings is 1. The van der Waals surface area contributed by atoms with Crippen molar-refractivity contribution in [2.45, 2.75) is 51.2 Å². The summed E-state index contributed by atoms with van der Waals surface area (Å²) in [5.41, 5.74) is 0.616. The smallest absolute Gasteiger partial charge is 0.247 e. The Hall–Kier alpha value is -1.64. The van der Waals surface area contributed by atoms with Crippen molar-refractivity contribution in [1.29, 1.82) is 0 Å². The Morgan fingerprint density at radius 2 is 1.97 bits per heavy atom. The van der Waals surface area contributed by atoms with E-state index in [1.165, 1.54) is 21.7 Å². The molecule has 1 N–H and O–H groups in total. The van der Waals surface area contributed by atoms with Crippen LogP contribution in [0.15, 0.2) is 23.1 Å². The van der Waals surface area contributed by atoms with Crippen molar-refractivity contribution in [3.63, 3.8) is 0 Å². The van der Waals surface area contributed by atoms with E-state index >= 15 is 0 Å². The molecule has 1 aliphatic rings. The highest BCUT2D eigenvalue weighted by atomic mass is 32.2. The quantitative estimate of drug-likeness (QED) is 0.615. The molecule has 0 fully saturated rings. The molecule has 0 bridgehead atoms. The molecule has 0 saturated carbocycles. The van der Waals surface area contributed by atoms with Crippen LogP contribution >= 0.6 is 0 Å². The Bertz CT molecular complexity index is 1070. The molecular formula is C22H34N2O6S2. The first-order valence-electron chi connectivity index (χ1n) is 10.6. The molecule has 8 nitrogen and oxygen atoms in total. The second-order valence-electron chi connectivity index (χ2n) is 8.84. The fourth-order valence-electron chi connectivity index (χ4n) is 3.27. The molecule has 0 aromatic heterocycles. The summed E-state index contributed by atoms with van der Waals surface area (Å²) >= 11 is 0. The monoisotopic (exact) mass is 486 g/mol. The fraction of sp³-hybridized carbons (Fsp3) is 0.636. The van der Waals surface area contributed by atoms with Gasteiger partial charge < -0.3 is 9.84 Å². The lowest BCUT2D eigenvalue weighted by atomic mass is 10.0. The molecule has 180 valence electrons. The van der Waals surface area contributed by atoms with Gasteiger partial charge in [0.2, 0.25) is 20.0 Å². The second-order valence-corrected chi connectivity index (χ2v) is 12.8. The molecule has 2 rings (SSSR count). The van der Waals surface area contributed by atoms with Gasteiger partial charge in [-0.3, -0.25) is 0 Å². The number of ether oxygens (including phenoxy) is 1. The van der Waals surface area contributed by atoms with Gasteiger partial charge in [-0.1, -0.05) is 32.6 Å². The van der Waals surface area contributed by atoms with Crippen LogP contribution < -0.4 is 4.74 Å². The summed E-state index contributed by atoms with van der Waals surface area (Å²) in [5.74, 6) is 6.32. The number of hydrogen-bond donors (Lipinski definition) is 1. The van der Waals surface area contributed by atoms with Gasteiger partial charge in [-0.2, -0.15) is 4.31 Å². The van der Waals surface area contributed by atoms with Crippen molar-refractivity contribution in [2.24, 2.45) is 11.8 Å². The third-order valence-corrected chi connectivity index (χ3v) is 8.71. The fourth-order valence-corrected chi connectivity index (χ4v) is 5.51. The van der Waals surface area contributed by atoms with Crippen LogP contribution in [0.5, 0.6) is 5.75 Å². The number of sulfonamides is 2. The van der Waals surface area contributed by atoms with Crippen LogP contribution in [0.3, 0.4) is 0 Å². The molecule has 0 amide bonds. The third-order valence-electron chi connectivity index (χ3n) is 5.41. The highest BCUT2D eigenvalue weighted by Crippen LogP contribution is 2.34. The highest BCUT2D eigenvalue weighted by Gasteiger charge is 2.38. The summed E-state index contributed by atoms with van der Waals surface area (Å²) in [5, 5.41) is 9.68. The van der Waals surface area contributed by atoms with E-state index in [2.05, 4.69) is 25.7 Å². The minimum Gasteiger partial charge on any atom is -0.487 e. The van der Waals surface area contributed by atoms with E-state index in [0.29, 0.717) is 17.9 Å². The van der Waals surface area contributed by atoms with Crippen molar-refractivity contribution in [3.8, 4) is 17.6 Å². The molecule has 0 radical (unpaired) electrons. The zero-order valence-corrected chi connectivity index (χ0v) is 21.2. The molecule has 1 heterocycles. The molecule has 1 aromatic rings. The van der Waals surface area contributed by atoms with E-state index in [4.69, 9.17) is 4.74 Å². The SMILES string of the molecule is CC(C)CC#Cc1ccc2c(c1)O[C@@H](CN(C)S(C)(=O)=O)[C@@H](C)CN([C@@H](C)CO)S2(=O)=O. The standard InChI is InChI=1S/C22H34N2O6S2/c1-16(2)8-7-9-19-10-11-22-20(12-19)30-21(14-23(5)31(6,26)27)17(3)13-24(18(4)15-25)32(22,28)29/h10-12,16-18,21,25H,8,13-15H2,1-6H3/t17-,18-,21-/m0/s1. The normalized spacial score (nSPS) is 22.3. The van der Waals surface area contributed by atoms with Gasteiger partial charge in [0, 0.05) is 37.5 Å². The van der Waals surface area contributed by atoms with Gasteiger partial charge in [0.1, 0.15) is 16.7 Å². The maximum atomic E-state index is 13.4. The van der Waals surface area contributed by atoms with Crippen LogP contribution in [0.1, 0.15) is 39.7 Å². The molecule has 3 atom stereocenters. The van der Waals surface area contributed by atoms with Gasteiger partial charge in [0.05, 0.1) is 19.4 Å². The predicted octanol–water partition coefficient (Wildman–Crippen LogP) is 1.74. The molecule has 1 aromatic carbocycles. The van der Waals surface area contributed by atoms with E-state index in [0.717, 1.165) is 6.26 Å². The summed E-state index contributed by atoms with van der Waals surface area (Å²) in [6, 6.07) is 4.05. The maximum absolute atomic E-state index is 13.4. The van der Waals surface area contributed by atoms with Crippen LogP contribution in [-0.4, -0.2) is 75.7 Å². The largest absolute Gasteiger partial charge is 0.487 e. The number of aliphatic hydroxyl groups excluding tert-OH is 1. The maximum Gasteiger partial charge on any atom is 0.247 e. The van der Waals surface area contributed by atoms with Crippen molar-refractivity contribution < 1.29 is 26.7 Å². The van der Waals surface area contributed by atoms with E-state index in [1.54, 1.807) is 19.1 Å². The minimum atomic E-state index is -3.95. The molecule has 0 saturated heterocycles. The Balaban J connectivity index is 2.59. The Morgan fingerprint density at radius 3 is 2.53 bits per heavy atom. The van der Waals surface area contributed by atoms with E-state index in [9.17, 15) is 21.9 Å². The highest BCUT2D eigenvalue weighted by molar-refractivity contribution is 7.89. The number of likely N-dealkylation sites (N-methyl/N-ethyl adjacent to an activating group) is 1. The van der Waals surface area contributed by atoms with Crippen LogP contribution in [-0.2, 0) is 20.0 Å². The Labute approximate surface area is 192 Å². The lowest BCUT2D eigenvalue weighted by Gasteiger charge is -2.37. The summed E-state index contributed by atoms with van der Waals surface area (Å²) in [4.78, 5) is -0.0221. The summed E-state index contributed by atoms with van der Waals surface area (Å²) in [6.07, 6.45) is 1.22. The summed E-state index contributed by atoms with van der Waals surface area (Å²) in [6.45, 7) is 7.37. The Morgan fingerprint density at radius 1 is 1.31 bits per heavy atom. The second kappa shape index (κ2) is 10.5. The van der Waals surface area contributed by atoms with Gasteiger partial charge in [0.25, 0.3) is 0 Å². The van der Waals surface area contributed by atoms with Crippen LogP contribution in [0.4, 0.5) is 0 Å². The zero-order valence-electron chi connectivity index (χ0n) is 19.6. The first-order chi connectivity index (χ1) is 14.8. The van der Waals surface area contributed by atoms with Gasteiger partial charge in [-0.15, -0.1) is 0 Å². The number of rotatable bonds is 6. The third kappa shape index (κ3) is 6.45. The summed E-state index contributed by atoms with van der Waals surface area (Å²) in [7, 11) is -5.94. The molecule has 0 aliphatic carbocycles. The number of aliphatic hydroxyl groups is 1. The van der Waals surface area contributed by atoms with Crippen LogP contribution in [0.2, 0.25) is 0 Å². The summed E-state index contributed by atoms with van der Waals surface area (Å²) < 4.78 is 59.4. The first kappa shape index (κ1) is 26.6. The molecule has 0 spiro atoms. The predicted molar refractivity (Wildman–Crippen MR) is 124 cm³/mol. The van der Waals surface area contributed by atoms with Gasteiger partial charge >= 0.3 is 0 Å². The average Bonchev–Trinajstić information content (AvgIpc) is 2.68. The van der Waals surface area contributed by atoms with E-state index in [-0.39, 0.29) is 36.3 Å². The number of hydrogen-bond acceptors (Lipinski definition) is 6. The molecular weight excluding hydrogens is 452 g/mol. The van der Waals surface area contributed by atoms with Crippen molar-refractivity contribution in [3.05, 3.63) is 23.8 Å². The molecule has 10 heteroatoms. The Kier molecular flexibility index (Phi) is 8.76. The minimum absolute atomic E-state index is 0.0221. The van der Waals surface area contributed by atoms with Crippen molar-refractivity contribution >= 4 is 20.0 Å². The van der Waals surface area contributed by atoms with Crippen LogP contribution in [0.25, 0.3) is 0 Å². The molecule has 1 aliphatic heterocycles. The number of nitrogens with zero attached hydrogens (tertiary/aromatic N) is 2. The topological polar surface area (TPSA) is 104 Å². The van der Waals surface area contributed by atoms with Crippen LogP contribution in [0, 0.1) is 23.7 Å². The number of fused-ring (bicyclic) bond motifs is 1. The van der Waals surface area contributed by atoms with Gasteiger partial charge in [0.15, 0.2) is 0 Å². The lowest BCUT2D eigenvalue weighted by molar-refractivity contribution is 0.0905. The first-order valence-corrected chi connectivity index (χ1v) is 13.9.